The van der Waals surface area contributed by atoms with Crippen molar-refractivity contribution in [3.63, 3.8) is 0 Å². The Kier molecular flexibility index (Phi) is 2.99. The third kappa shape index (κ3) is 2.23. The second-order valence-corrected chi connectivity index (χ2v) is 3.69. The highest BCUT2D eigenvalue weighted by atomic mass is 16.5. The number of nitrogens with zero attached hydrogens (tertiary/aromatic N) is 2. The largest absolute Gasteiger partial charge is 0.476 e. The van der Waals surface area contributed by atoms with Gasteiger partial charge < -0.3 is 4.74 Å². The third-order valence-corrected chi connectivity index (χ3v) is 2.56. The fraction of sp³-hybridized carbons (Fsp3) is 0.545. The molecule has 0 bridgehead atoms. The van der Waals surface area contributed by atoms with Gasteiger partial charge in [0, 0.05) is 19.3 Å². The molecule has 2 heterocycles. The number of likely N-dealkylation sites (tertiary alicyclic amines) is 1. The lowest BCUT2D eigenvalue weighted by Crippen LogP contribution is -2.24. The third-order valence-electron chi connectivity index (χ3n) is 2.56. The van der Waals surface area contributed by atoms with Crippen molar-refractivity contribution in [1.29, 1.82) is 0 Å². The monoisotopic (exact) mass is 192 g/mol. The molecule has 76 valence electrons. The highest BCUT2D eigenvalue weighted by Crippen LogP contribution is 2.15. The molecular weight excluding hydrogens is 176 g/mol. The molecule has 0 aliphatic carbocycles. The minimum atomic E-state index is 0.701. The maximum Gasteiger partial charge on any atom is 0.142 e. The van der Waals surface area contributed by atoms with Crippen LogP contribution in [0.5, 0.6) is 5.75 Å². The van der Waals surface area contributed by atoms with Crippen LogP contribution < -0.4 is 4.74 Å². The number of aryl methyl sites for hydroxylation is 1. The first-order valence-electron chi connectivity index (χ1n) is 5.13. The van der Waals surface area contributed by atoms with Crippen LogP contribution in [0.25, 0.3) is 0 Å². The Morgan fingerprint density at radius 3 is 2.93 bits per heavy atom. The zero-order valence-corrected chi connectivity index (χ0v) is 8.57. The summed E-state index contributed by atoms with van der Waals surface area (Å²) in [6.45, 7) is 5.00. The Balaban J connectivity index is 1.88. The van der Waals surface area contributed by atoms with Crippen molar-refractivity contribution in [2.45, 2.75) is 19.8 Å². The molecule has 3 nitrogen and oxygen atoms in total. The standard InChI is InChI=1S/C11H16N2O/c1-10-11(5-4-6-12-10)14-9-13-7-2-3-8-13/h4-6H,2-3,7-9H2,1H3. The highest BCUT2D eigenvalue weighted by Gasteiger charge is 2.11. The van der Waals surface area contributed by atoms with E-state index in [9.17, 15) is 0 Å². The first-order valence-corrected chi connectivity index (χ1v) is 5.13. The van der Waals surface area contributed by atoms with E-state index in [1.54, 1.807) is 6.20 Å². The minimum Gasteiger partial charge on any atom is -0.476 e. The van der Waals surface area contributed by atoms with E-state index in [1.807, 2.05) is 19.1 Å². The fourth-order valence-corrected chi connectivity index (χ4v) is 1.69. The first kappa shape index (κ1) is 9.46. The molecule has 1 fully saturated rings. The molecule has 1 aromatic heterocycles. The van der Waals surface area contributed by atoms with Gasteiger partial charge in [-0.2, -0.15) is 0 Å². The molecule has 1 aliphatic heterocycles. The summed E-state index contributed by atoms with van der Waals surface area (Å²) in [7, 11) is 0. The van der Waals surface area contributed by atoms with Crippen molar-refractivity contribution >= 4 is 0 Å². The van der Waals surface area contributed by atoms with Crippen LogP contribution >= 0.6 is 0 Å². The Hall–Kier alpha value is -1.09. The van der Waals surface area contributed by atoms with Gasteiger partial charge in [-0.3, -0.25) is 9.88 Å². The fourth-order valence-electron chi connectivity index (χ4n) is 1.69. The lowest BCUT2D eigenvalue weighted by atomic mass is 10.3. The van der Waals surface area contributed by atoms with Crippen LogP contribution in [-0.4, -0.2) is 29.7 Å². The van der Waals surface area contributed by atoms with Crippen LogP contribution in [0, 0.1) is 6.92 Å². The molecule has 14 heavy (non-hydrogen) atoms. The maximum atomic E-state index is 5.68. The van der Waals surface area contributed by atoms with E-state index < -0.39 is 0 Å². The van der Waals surface area contributed by atoms with Gasteiger partial charge in [0.1, 0.15) is 12.5 Å². The molecule has 0 unspecified atom stereocenters. The average molecular weight is 192 g/mol. The van der Waals surface area contributed by atoms with E-state index in [1.165, 1.54) is 25.9 Å². The first-order chi connectivity index (χ1) is 6.86. The average Bonchev–Trinajstić information content (AvgIpc) is 2.69. The normalized spacial score (nSPS) is 17.2. The van der Waals surface area contributed by atoms with E-state index in [0.29, 0.717) is 6.73 Å². The van der Waals surface area contributed by atoms with Crippen molar-refractivity contribution in [1.82, 2.24) is 9.88 Å². The van der Waals surface area contributed by atoms with Crippen LogP contribution in [0.4, 0.5) is 0 Å². The summed E-state index contributed by atoms with van der Waals surface area (Å²) < 4.78 is 5.68. The van der Waals surface area contributed by atoms with Crippen molar-refractivity contribution in [3.05, 3.63) is 24.0 Å². The van der Waals surface area contributed by atoms with Gasteiger partial charge in [-0.15, -0.1) is 0 Å². The molecule has 0 radical (unpaired) electrons. The number of ether oxygens (including phenoxy) is 1. The number of pyridine rings is 1. The zero-order chi connectivity index (χ0) is 9.80. The van der Waals surface area contributed by atoms with Crippen molar-refractivity contribution in [2.75, 3.05) is 19.8 Å². The molecule has 3 heteroatoms. The summed E-state index contributed by atoms with van der Waals surface area (Å²) >= 11 is 0. The van der Waals surface area contributed by atoms with Crippen LogP contribution in [0.1, 0.15) is 18.5 Å². The molecule has 0 N–H and O–H groups in total. The van der Waals surface area contributed by atoms with Gasteiger partial charge in [-0.25, -0.2) is 0 Å². The number of hydrogen-bond acceptors (Lipinski definition) is 3. The van der Waals surface area contributed by atoms with E-state index in [0.717, 1.165) is 11.4 Å². The van der Waals surface area contributed by atoms with Crippen molar-refractivity contribution in [2.24, 2.45) is 0 Å². The van der Waals surface area contributed by atoms with Gasteiger partial charge >= 0.3 is 0 Å². The molecule has 0 aromatic carbocycles. The molecule has 1 aromatic rings. The van der Waals surface area contributed by atoms with Gasteiger partial charge in [0.15, 0.2) is 0 Å². The van der Waals surface area contributed by atoms with E-state index in [4.69, 9.17) is 4.74 Å². The molecule has 0 amide bonds. The molecule has 0 atom stereocenters. The smallest absolute Gasteiger partial charge is 0.142 e. The predicted octanol–water partition coefficient (Wildman–Crippen LogP) is 1.82. The van der Waals surface area contributed by atoms with Gasteiger partial charge in [0.25, 0.3) is 0 Å². The second kappa shape index (κ2) is 4.42. The number of aromatic nitrogens is 1. The number of rotatable bonds is 3. The molecule has 1 saturated heterocycles. The van der Waals surface area contributed by atoms with Gasteiger partial charge in [-0.05, 0) is 31.9 Å². The van der Waals surface area contributed by atoms with Crippen LogP contribution in [0.2, 0.25) is 0 Å². The molecule has 2 rings (SSSR count). The maximum absolute atomic E-state index is 5.68. The van der Waals surface area contributed by atoms with Crippen LogP contribution in [0.3, 0.4) is 0 Å². The summed E-state index contributed by atoms with van der Waals surface area (Å²) in [6.07, 6.45) is 4.39. The van der Waals surface area contributed by atoms with Crippen molar-refractivity contribution in [3.8, 4) is 5.75 Å². The highest BCUT2D eigenvalue weighted by molar-refractivity contribution is 5.25. The van der Waals surface area contributed by atoms with Gasteiger partial charge in [0.05, 0.1) is 5.69 Å². The Morgan fingerprint density at radius 1 is 1.43 bits per heavy atom. The van der Waals surface area contributed by atoms with E-state index in [-0.39, 0.29) is 0 Å². The summed E-state index contributed by atoms with van der Waals surface area (Å²) in [5.41, 5.74) is 0.965. The van der Waals surface area contributed by atoms with Crippen molar-refractivity contribution < 1.29 is 4.74 Å². The SMILES string of the molecule is Cc1ncccc1OCN1CCCC1. The predicted molar refractivity (Wildman–Crippen MR) is 55.3 cm³/mol. The van der Waals surface area contributed by atoms with Gasteiger partial charge in [-0.1, -0.05) is 0 Å². The molecular formula is C11H16N2O. The summed E-state index contributed by atoms with van der Waals surface area (Å²) in [4.78, 5) is 6.51. The topological polar surface area (TPSA) is 25.4 Å². The quantitative estimate of drug-likeness (QED) is 0.730. The van der Waals surface area contributed by atoms with Crippen LogP contribution in [0.15, 0.2) is 18.3 Å². The lowest BCUT2D eigenvalue weighted by molar-refractivity contribution is 0.151. The zero-order valence-electron chi connectivity index (χ0n) is 8.57. The van der Waals surface area contributed by atoms with Gasteiger partial charge in [0.2, 0.25) is 0 Å². The second-order valence-electron chi connectivity index (χ2n) is 3.69. The molecule has 0 saturated carbocycles. The minimum absolute atomic E-state index is 0.701. The molecule has 1 aliphatic rings. The summed E-state index contributed by atoms with van der Waals surface area (Å²) in [5.74, 6) is 0.902. The Morgan fingerprint density at radius 2 is 2.21 bits per heavy atom. The summed E-state index contributed by atoms with van der Waals surface area (Å²) in [6, 6.07) is 3.88. The van der Waals surface area contributed by atoms with E-state index in [2.05, 4.69) is 9.88 Å². The van der Waals surface area contributed by atoms with Crippen LogP contribution in [-0.2, 0) is 0 Å². The lowest BCUT2D eigenvalue weighted by Gasteiger charge is -2.16. The van der Waals surface area contributed by atoms with E-state index >= 15 is 0 Å². The summed E-state index contributed by atoms with van der Waals surface area (Å²) in [5, 5.41) is 0. The Labute approximate surface area is 84.7 Å². The molecule has 0 spiro atoms. The number of hydrogen-bond donors (Lipinski definition) is 0. The Bertz CT molecular complexity index is 295.